The second-order valence-corrected chi connectivity index (χ2v) is 4.77. The van der Waals surface area contributed by atoms with Gasteiger partial charge in [0.1, 0.15) is 23.1 Å². The third-order valence-electron chi connectivity index (χ3n) is 3.04. The number of anilines is 1. The molecule has 20 heavy (non-hydrogen) atoms. The Morgan fingerprint density at radius 2 is 2.30 bits per heavy atom. The van der Waals surface area contributed by atoms with Crippen molar-refractivity contribution in [3.63, 3.8) is 0 Å². The number of H-pyrrole nitrogens is 1. The third-order valence-corrected chi connectivity index (χ3v) is 3.41. The van der Waals surface area contributed by atoms with Crippen LogP contribution in [0.3, 0.4) is 0 Å². The Hall–Kier alpha value is -2.15. The molecule has 0 radical (unpaired) electrons. The van der Waals surface area contributed by atoms with E-state index in [1.165, 1.54) is 6.33 Å². The van der Waals surface area contributed by atoms with Crippen LogP contribution in [0.4, 0.5) is 5.82 Å². The van der Waals surface area contributed by atoms with Gasteiger partial charge in [0.2, 0.25) is 0 Å². The van der Waals surface area contributed by atoms with Gasteiger partial charge in [-0.1, -0.05) is 11.6 Å². The molecule has 0 aromatic carbocycles. The normalized spacial score (nSPS) is 11.1. The summed E-state index contributed by atoms with van der Waals surface area (Å²) >= 11 is 6.10. The lowest BCUT2D eigenvalue weighted by Gasteiger charge is -2.11. The van der Waals surface area contributed by atoms with E-state index in [1.54, 1.807) is 10.7 Å². The number of rotatable bonds is 5. The molecule has 3 rings (SSSR count). The third kappa shape index (κ3) is 2.44. The highest BCUT2D eigenvalue weighted by Crippen LogP contribution is 2.21. The zero-order chi connectivity index (χ0) is 13.9. The molecular weight excluding hydrogens is 278 g/mol. The van der Waals surface area contributed by atoms with Crippen LogP contribution < -0.4 is 5.32 Å². The molecule has 3 aromatic rings. The predicted octanol–water partition coefficient (Wildman–Crippen LogP) is 1.85. The topological polar surface area (TPSA) is 83.8 Å². The quantitative estimate of drug-likeness (QED) is 0.554. The first-order valence-electron chi connectivity index (χ1n) is 6.33. The van der Waals surface area contributed by atoms with E-state index in [9.17, 15) is 0 Å². The summed E-state index contributed by atoms with van der Waals surface area (Å²) in [6.07, 6.45) is 6.89. The number of hydrogen-bond acceptors (Lipinski definition) is 5. The van der Waals surface area contributed by atoms with Crippen LogP contribution in [0.15, 0.2) is 18.7 Å². The van der Waals surface area contributed by atoms with Crippen LogP contribution >= 0.6 is 11.6 Å². The second kappa shape index (κ2) is 5.46. The minimum absolute atomic E-state index is 0.444. The van der Waals surface area contributed by atoms with Gasteiger partial charge in [-0.2, -0.15) is 19.6 Å². The first-order chi connectivity index (χ1) is 9.75. The Morgan fingerprint density at radius 1 is 1.40 bits per heavy atom. The molecule has 0 amide bonds. The predicted molar refractivity (Wildman–Crippen MR) is 75.9 cm³/mol. The van der Waals surface area contributed by atoms with Gasteiger partial charge in [-0.25, -0.2) is 4.98 Å². The van der Waals surface area contributed by atoms with Gasteiger partial charge in [-0.15, -0.1) is 0 Å². The Labute approximate surface area is 120 Å². The first-order valence-corrected chi connectivity index (χ1v) is 6.71. The monoisotopic (exact) mass is 291 g/mol. The van der Waals surface area contributed by atoms with E-state index >= 15 is 0 Å². The summed E-state index contributed by atoms with van der Waals surface area (Å²) in [5.74, 6) is 2.31. The Morgan fingerprint density at radius 3 is 3.10 bits per heavy atom. The standard InChI is InChI=1S/C12H14ClN7/c1-8-10(13)19-12-17-7-18-20(12)11(8)16-4-2-3-9-14-5-6-15-9/h5-7,16H,2-4H2,1H3,(H,14,15). The molecule has 0 aliphatic carbocycles. The fourth-order valence-electron chi connectivity index (χ4n) is 2.00. The lowest BCUT2D eigenvalue weighted by atomic mass is 10.3. The van der Waals surface area contributed by atoms with Crippen molar-refractivity contribution in [1.29, 1.82) is 0 Å². The van der Waals surface area contributed by atoms with Crippen molar-refractivity contribution < 1.29 is 0 Å². The maximum atomic E-state index is 6.10. The van der Waals surface area contributed by atoms with Crippen LogP contribution in [-0.4, -0.2) is 36.1 Å². The van der Waals surface area contributed by atoms with Crippen molar-refractivity contribution in [1.82, 2.24) is 29.5 Å². The highest BCUT2D eigenvalue weighted by molar-refractivity contribution is 6.30. The highest BCUT2D eigenvalue weighted by Gasteiger charge is 2.11. The number of nitrogens with zero attached hydrogens (tertiary/aromatic N) is 5. The lowest BCUT2D eigenvalue weighted by molar-refractivity contribution is 0.804. The zero-order valence-corrected chi connectivity index (χ0v) is 11.7. The van der Waals surface area contributed by atoms with Gasteiger partial charge in [-0.3, -0.25) is 0 Å². The highest BCUT2D eigenvalue weighted by atomic mass is 35.5. The SMILES string of the molecule is Cc1c(Cl)nc2ncnn2c1NCCCc1ncc[nH]1. The van der Waals surface area contributed by atoms with Crippen molar-refractivity contribution in [2.45, 2.75) is 19.8 Å². The number of fused-ring (bicyclic) bond motifs is 1. The molecule has 0 unspecified atom stereocenters. The fraction of sp³-hybridized carbons (Fsp3) is 0.333. The van der Waals surface area contributed by atoms with E-state index in [0.717, 1.165) is 36.6 Å². The summed E-state index contributed by atoms with van der Waals surface area (Å²) in [5.41, 5.74) is 0.864. The van der Waals surface area contributed by atoms with Crippen LogP contribution in [0, 0.1) is 6.92 Å². The minimum Gasteiger partial charge on any atom is -0.370 e. The summed E-state index contributed by atoms with van der Waals surface area (Å²) in [5, 5.41) is 7.94. The first kappa shape index (κ1) is 12.9. The average molecular weight is 292 g/mol. The Kier molecular flexibility index (Phi) is 3.51. The number of aryl methyl sites for hydroxylation is 1. The molecule has 0 bridgehead atoms. The summed E-state index contributed by atoms with van der Waals surface area (Å²) in [7, 11) is 0. The van der Waals surface area contributed by atoms with Gasteiger partial charge in [0.15, 0.2) is 0 Å². The van der Waals surface area contributed by atoms with Gasteiger partial charge >= 0.3 is 0 Å². The summed E-state index contributed by atoms with van der Waals surface area (Å²) < 4.78 is 1.66. The van der Waals surface area contributed by atoms with Crippen LogP contribution in [0.1, 0.15) is 17.8 Å². The molecule has 0 saturated carbocycles. The molecule has 0 spiro atoms. The fourth-order valence-corrected chi connectivity index (χ4v) is 2.17. The lowest BCUT2D eigenvalue weighted by Crippen LogP contribution is -2.11. The average Bonchev–Trinajstić information content (AvgIpc) is 3.09. The van der Waals surface area contributed by atoms with E-state index in [2.05, 4.69) is 30.4 Å². The number of imidazole rings is 1. The molecule has 8 heteroatoms. The van der Waals surface area contributed by atoms with E-state index in [0.29, 0.717) is 10.9 Å². The maximum absolute atomic E-state index is 6.10. The molecule has 0 atom stereocenters. The molecule has 7 nitrogen and oxygen atoms in total. The largest absolute Gasteiger partial charge is 0.370 e. The Balaban J connectivity index is 1.70. The van der Waals surface area contributed by atoms with Gasteiger partial charge < -0.3 is 10.3 Å². The van der Waals surface area contributed by atoms with E-state index < -0.39 is 0 Å². The van der Waals surface area contributed by atoms with Crippen LogP contribution in [0.5, 0.6) is 0 Å². The second-order valence-electron chi connectivity index (χ2n) is 4.41. The van der Waals surface area contributed by atoms with E-state index in [4.69, 9.17) is 11.6 Å². The molecule has 0 saturated heterocycles. The number of hydrogen-bond donors (Lipinski definition) is 2. The van der Waals surface area contributed by atoms with Crippen molar-refractivity contribution in [3.05, 3.63) is 35.3 Å². The van der Waals surface area contributed by atoms with Crippen LogP contribution in [0.2, 0.25) is 5.15 Å². The zero-order valence-electron chi connectivity index (χ0n) is 11.0. The number of halogens is 1. The number of aromatic amines is 1. The molecule has 3 aromatic heterocycles. The molecular formula is C12H14ClN7. The van der Waals surface area contributed by atoms with Crippen molar-refractivity contribution in [2.75, 3.05) is 11.9 Å². The van der Waals surface area contributed by atoms with E-state index in [1.807, 2.05) is 13.1 Å². The van der Waals surface area contributed by atoms with Crippen molar-refractivity contribution in [3.8, 4) is 0 Å². The number of aromatic nitrogens is 6. The van der Waals surface area contributed by atoms with Gasteiger partial charge in [-0.05, 0) is 13.3 Å². The van der Waals surface area contributed by atoms with Gasteiger partial charge in [0.05, 0.1) is 0 Å². The molecule has 2 N–H and O–H groups in total. The molecule has 104 valence electrons. The van der Waals surface area contributed by atoms with Crippen molar-refractivity contribution in [2.24, 2.45) is 0 Å². The maximum Gasteiger partial charge on any atom is 0.255 e. The van der Waals surface area contributed by atoms with Crippen LogP contribution in [-0.2, 0) is 6.42 Å². The molecule has 3 heterocycles. The van der Waals surface area contributed by atoms with Crippen LogP contribution in [0.25, 0.3) is 5.78 Å². The van der Waals surface area contributed by atoms with Crippen molar-refractivity contribution >= 4 is 23.2 Å². The molecule has 0 fully saturated rings. The molecule has 0 aliphatic heterocycles. The summed E-state index contributed by atoms with van der Waals surface area (Å²) in [6.45, 7) is 2.70. The minimum atomic E-state index is 0.444. The Bertz CT molecular complexity index is 704. The van der Waals surface area contributed by atoms with Gasteiger partial charge in [0.25, 0.3) is 5.78 Å². The smallest absolute Gasteiger partial charge is 0.255 e. The number of nitrogens with one attached hydrogen (secondary N) is 2. The van der Waals surface area contributed by atoms with Gasteiger partial charge in [0, 0.05) is 30.9 Å². The summed E-state index contributed by atoms with van der Waals surface area (Å²) in [6, 6.07) is 0. The van der Waals surface area contributed by atoms with E-state index in [-0.39, 0.29) is 0 Å². The molecule has 0 aliphatic rings. The summed E-state index contributed by atoms with van der Waals surface area (Å²) in [4.78, 5) is 15.5.